The number of hydrogen-bond acceptors (Lipinski definition) is 5. The fourth-order valence-corrected chi connectivity index (χ4v) is 4.70. The van der Waals surface area contributed by atoms with Gasteiger partial charge in [-0.1, -0.05) is 35.5 Å². The van der Waals surface area contributed by atoms with Crippen molar-refractivity contribution < 1.29 is 17.7 Å². The van der Waals surface area contributed by atoms with Crippen molar-refractivity contribution in [2.75, 3.05) is 26.2 Å². The molecule has 0 aliphatic carbocycles. The van der Waals surface area contributed by atoms with E-state index in [9.17, 15) is 13.2 Å². The molecule has 3 aromatic rings. The van der Waals surface area contributed by atoms with Crippen molar-refractivity contribution >= 4 is 26.7 Å². The Balaban J connectivity index is 1.50. The summed E-state index contributed by atoms with van der Waals surface area (Å²) in [5.41, 5.74) is 0.248. The molecule has 0 unspecified atom stereocenters. The first-order valence-electron chi connectivity index (χ1n) is 8.67. The average molecular weight is 385 g/mol. The van der Waals surface area contributed by atoms with Crippen LogP contribution < -0.4 is 0 Å². The minimum absolute atomic E-state index is 0.241. The Labute approximate surface area is 157 Å². The van der Waals surface area contributed by atoms with Crippen LogP contribution in [-0.4, -0.2) is 54.9 Å². The van der Waals surface area contributed by atoms with Crippen LogP contribution in [0.15, 0.2) is 57.9 Å². The van der Waals surface area contributed by atoms with Gasteiger partial charge in [0, 0.05) is 32.2 Å². The monoisotopic (exact) mass is 385 g/mol. The summed E-state index contributed by atoms with van der Waals surface area (Å²) in [4.78, 5) is 14.3. The molecule has 4 rings (SSSR count). The van der Waals surface area contributed by atoms with E-state index >= 15 is 0 Å². The molecule has 0 spiro atoms. The Morgan fingerprint density at radius 1 is 1.00 bits per heavy atom. The summed E-state index contributed by atoms with van der Waals surface area (Å²) in [6, 6.07) is 14.4. The third-order valence-corrected chi connectivity index (χ3v) is 6.63. The number of rotatable bonds is 3. The number of amides is 1. The molecule has 27 heavy (non-hydrogen) atoms. The van der Waals surface area contributed by atoms with Crippen LogP contribution in [0.25, 0.3) is 10.8 Å². The van der Waals surface area contributed by atoms with E-state index in [4.69, 9.17) is 4.52 Å². The number of aryl methyl sites for hydroxylation is 1. The summed E-state index contributed by atoms with van der Waals surface area (Å²) >= 11 is 0. The second-order valence-corrected chi connectivity index (χ2v) is 8.47. The van der Waals surface area contributed by atoms with Gasteiger partial charge in [0.25, 0.3) is 5.91 Å². The fraction of sp³-hybridized carbons (Fsp3) is 0.263. The first-order valence-corrected chi connectivity index (χ1v) is 10.1. The molecular weight excluding hydrogens is 366 g/mol. The Kier molecular flexibility index (Phi) is 4.45. The smallest absolute Gasteiger partial charge is 0.276 e. The number of carbonyl (C=O) groups excluding carboxylic acids is 1. The van der Waals surface area contributed by atoms with Gasteiger partial charge in [-0.05, 0) is 29.8 Å². The summed E-state index contributed by atoms with van der Waals surface area (Å²) in [7, 11) is -3.60. The Hall–Kier alpha value is -2.71. The van der Waals surface area contributed by atoms with Crippen LogP contribution in [0, 0.1) is 6.92 Å². The number of fused-ring (bicyclic) bond motifs is 1. The molecule has 0 saturated carbocycles. The Morgan fingerprint density at radius 2 is 1.70 bits per heavy atom. The molecular formula is C19H19N3O4S. The Bertz CT molecular complexity index is 1100. The van der Waals surface area contributed by atoms with Crippen molar-refractivity contribution in [3.8, 4) is 0 Å². The highest BCUT2D eigenvalue weighted by molar-refractivity contribution is 7.89. The lowest BCUT2D eigenvalue weighted by atomic mass is 10.1. The van der Waals surface area contributed by atoms with Gasteiger partial charge >= 0.3 is 0 Å². The standard InChI is InChI=1S/C19H19N3O4S/c1-14-12-18(20-26-14)19(23)21-8-10-22(11-9-21)27(24,25)17-7-6-15-4-2-3-5-16(15)13-17/h2-7,12-13H,8-11H2,1H3. The van der Waals surface area contributed by atoms with E-state index in [1.165, 1.54) is 4.31 Å². The number of hydrogen-bond donors (Lipinski definition) is 0. The van der Waals surface area contributed by atoms with Gasteiger partial charge in [-0.2, -0.15) is 4.31 Å². The summed E-state index contributed by atoms with van der Waals surface area (Å²) in [6.07, 6.45) is 0. The van der Waals surface area contributed by atoms with E-state index in [1.807, 2.05) is 30.3 Å². The van der Waals surface area contributed by atoms with Crippen LogP contribution in [0.1, 0.15) is 16.2 Å². The largest absolute Gasteiger partial charge is 0.361 e. The van der Waals surface area contributed by atoms with Gasteiger partial charge in [0.05, 0.1) is 4.90 Å². The molecule has 1 amide bonds. The third-order valence-electron chi connectivity index (χ3n) is 4.73. The van der Waals surface area contributed by atoms with Crippen LogP contribution in [0.5, 0.6) is 0 Å². The highest BCUT2D eigenvalue weighted by atomic mass is 32.2. The number of benzene rings is 2. The summed E-state index contributed by atoms with van der Waals surface area (Å²) in [6.45, 7) is 2.85. The first kappa shape index (κ1) is 17.7. The predicted octanol–water partition coefficient (Wildman–Crippen LogP) is 2.28. The molecule has 1 fully saturated rings. The number of carbonyl (C=O) groups is 1. The maximum atomic E-state index is 13.0. The molecule has 0 bridgehead atoms. The number of sulfonamides is 1. The van der Waals surface area contributed by atoms with Gasteiger partial charge in [-0.15, -0.1) is 0 Å². The zero-order valence-corrected chi connectivity index (χ0v) is 15.6. The van der Waals surface area contributed by atoms with Gasteiger partial charge in [0.1, 0.15) is 5.76 Å². The molecule has 1 aliphatic heterocycles. The lowest BCUT2D eigenvalue weighted by Gasteiger charge is -2.33. The zero-order valence-electron chi connectivity index (χ0n) is 14.8. The molecule has 8 heteroatoms. The molecule has 1 saturated heterocycles. The molecule has 140 valence electrons. The summed E-state index contributed by atoms with van der Waals surface area (Å²) < 4.78 is 32.3. The van der Waals surface area contributed by atoms with Crippen molar-refractivity contribution in [2.45, 2.75) is 11.8 Å². The van der Waals surface area contributed by atoms with E-state index in [1.54, 1.807) is 30.0 Å². The van der Waals surface area contributed by atoms with E-state index in [-0.39, 0.29) is 29.6 Å². The maximum absolute atomic E-state index is 13.0. The van der Waals surface area contributed by atoms with E-state index in [0.29, 0.717) is 18.8 Å². The number of piperazine rings is 1. The fourth-order valence-electron chi connectivity index (χ4n) is 3.24. The highest BCUT2D eigenvalue weighted by Gasteiger charge is 2.31. The van der Waals surface area contributed by atoms with Crippen LogP contribution >= 0.6 is 0 Å². The number of nitrogens with zero attached hydrogens (tertiary/aromatic N) is 3. The molecule has 1 aromatic heterocycles. The lowest BCUT2D eigenvalue weighted by Crippen LogP contribution is -2.50. The molecule has 0 N–H and O–H groups in total. The van der Waals surface area contributed by atoms with Gasteiger partial charge in [-0.3, -0.25) is 4.79 Å². The minimum atomic E-state index is -3.60. The van der Waals surface area contributed by atoms with E-state index < -0.39 is 10.0 Å². The Morgan fingerprint density at radius 3 is 2.37 bits per heavy atom. The van der Waals surface area contributed by atoms with Crippen LogP contribution in [0.4, 0.5) is 0 Å². The second-order valence-electron chi connectivity index (χ2n) is 6.53. The SMILES string of the molecule is Cc1cc(C(=O)N2CCN(S(=O)(=O)c3ccc4ccccc4c3)CC2)no1. The van der Waals surface area contributed by atoms with Crippen molar-refractivity contribution in [1.29, 1.82) is 0 Å². The van der Waals surface area contributed by atoms with Crippen molar-refractivity contribution in [2.24, 2.45) is 0 Å². The number of aromatic nitrogens is 1. The second kappa shape index (κ2) is 6.79. The normalized spacial score (nSPS) is 16.0. The third kappa shape index (κ3) is 3.33. The predicted molar refractivity (Wildman–Crippen MR) is 99.9 cm³/mol. The van der Waals surface area contributed by atoms with Crippen LogP contribution in [0.2, 0.25) is 0 Å². The lowest BCUT2D eigenvalue weighted by molar-refractivity contribution is 0.0687. The van der Waals surface area contributed by atoms with Crippen molar-refractivity contribution in [1.82, 2.24) is 14.4 Å². The van der Waals surface area contributed by atoms with Gasteiger partial charge in [0.15, 0.2) is 5.69 Å². The van der Waals surface area contributed by atoms with E-state index in [0.717, 1.165) is 10.8 Å². The molecule has 0 radical (unpaired) electrons. The molecule has 0 atom stereocenters. The van der Waals surface area contributed by atoms with Crippen LogP contribution in [-0.2, 0) is 10.0 Å². The zero-order chi connectivity index (χ0) is 19.0. The minimum Gasteiger partial charge on any atom is -0.361 e. The summed E-state index contributed by atoms with van der Waals surface area (Å²) in [5.74, 6) is 0.325. The molecule has 7 nitrogen and oxygen atoms in total. The molecule has 2 heterocycles. The van der Waals surface area contributed by atoms with Gasteiger partial charge in [-0.25, -0.2) is 8.42 Å². The quantitative estimate of drug-likeness (QED) is 0.691. The maximum Gasteiger partial charge on any atom is 0.276 e. The van der Waals surface area contributed by atoms with E-state index in [2.05, 4.69) is 5.16 Å². The molecule has 2 aromatic carbocycles. The average Bonchev–Trinajstić information content (AvgIpc) is 3.13. The summed E-state index contributed by atoms with van der Waals surface area (Å²) in [5, 5.41) is 5.62. The first-order chi connectivity index (χ1) is 12.9. The topological polar surface area (TPSA) is 83.7 Å². The van der Waals surface area contributed by atoms with Gasteiger partial charge in [0.2, 0.25) is 10.0 Å². The van der Waals surface area contributed by atoms with Crippen LogP contribution in [0.3, 0.4) is 0 Å². The molecule has 1 aliphatic rings. The van der Waals surface area contributed by atoms with Crippen molar-refractivity contribution in [3.63, 3.8) is 0 Å². The highest BCUT2D eigenvalue weighted by Crippen LogP contribution is 2.23. The van der Waals surface area contributed by atoms with Crippen molar-refractivity contribution in [3.05, 3.63) is 60.0 Å². The van der Waals surface area contributed by atoms with Gasteiger partial charge < -0.3 is 9.42 Å².